The molecule has 0 aliphatic carbocycles. The average Bonchev–Trinajstić information content (AvgIpc) is 2.99. The van der Waals surface area contributed by atoms with E-state index >= 15 is 0 Å². The summed E-state index contributed by atoms with van der Waals surface area (Å²) in [7, 11) is -3.52. The number of nitrogens with one attached hydrogen (secondary N) is 1. The standard InChI is InChI=1S/C12H14N2O3S/c15-12-11-9(8-13-12)4-3-5-10(11)18(16,17)14-6-1-2-7-14/h3-5H,1-2,6-8H2,(H,13,15). The van der Waals surface area contributed by atoms with Gasteiger partial charge in [0.05, 0.1) is 10.5 Å². The first-order chi connectivity index (χ1) is 8.60. The Labute approximate surface area is 106 Å². The minimum atomic E-state index is -3.52. The maximum absolute atomic E-state index is 12.5. The Morgan fingerprint density at radius 2 is 1.89 bits per heavy atom. The molecule has 0 unspecified atom stereocenters. The Morgan fingerprint density at radius 1 is 1.17 bits per heavy atom. The van der Waals surface area contributed by atoms with Crippen molar-refractivity contribution in [2.24, 2.45) is 0 Å². The lowest BCUT2D eigenvalue weighted by molar-refractivity contribution is 0.0963. The summed E-state index contributed by atoms with van der Waals surface area (Å²) in [5.41, 5.74) is 1.09. The molecule has 5 nitrogen and oxygen atoms in total. The minimum Gasteiger partial charge on any atom is -0.348 e. The van der Waals surface area contributed by atoms with E-state index in [1.165, 1.54) is 10.4 Å². The molecule has 6 heteroatoms. The Morgan fingerprint density at radius 3 is 2.61 bits per heavy atom. The second kappa shape index (κ2) is 4.07. The van der Waals surface area contributed by atoms with Crippen molar-refractivity contribution in [3.8, 4) is 0 Å². The first-order valence-electron chi connectivity index (χ1n) is 6.01. The Hall–Kier alpha value is -1.40. The summed E-state index contributed by atoms with van der Waals surface area (Å²) < 4.78 is 26.4. The summed E-state index contributed by atoms with van der Waals surface area (Å²) in [6.07, 6.45) is 1.78. The van der Waals surface area contributed by atoms with E-state index in [0.29, 0.717) is 25.2 Å². The van der Waals surface area contributed by atoms with Crippen LogP contribution in [0, 0.1) is 0 Å². The average molecular weight is 266 g/mol. The van der Waals surface area contributed by atoms with Crippen molar-refractivity contribution in [3.05, 3.63) is 29.3 Å². The van der Waals surface area contributed by atoms with Gasteiger partial charge >= 0.3 is 0 Å². The number of fused-ring (bicyclic) bond motifs is 1. The van der Waals surface area contributed by atoms with Gasteiger partial charge in [0.1, 0.15) is 0 Å². The SMILES string of the molecule is O=C1NCc2cccc(S(=O)(=O)N3CCCC3)c21. The fraction of sp³-hybridized carbons (Fsp3) is 0.417. The highest BCUT2D eigenvalue weighted by atomic mass is 32.2. The normalized spacial score (nSPS) is 19.9. The predicted molar refractivity (Wildman–Crippen MR) is 65.6 cm³/mol. The molecule has 2 aliphatic rings. The molecular weight excluding hydrogens is 252 g/mol. The predicted octanol–water partition coefficient (Wildman–Crippen LogP) is 0.714. The van der Waals surface area contributed by atoms with Gasteiger partial charge in [-0.25, -0.2) is 8.42 Å². The first kappa shape index (κ1) is 11.7. The maximum Gasteiger partial charge on any atom is 0.253 e. The molecule has 1 amide bonds. The van der Waals surface area contributed by atoms with E-state index in [1.807, 2.05) is 0 Å². The van der Waals surface area contributed by atoms with Crippen molar-refractivity contribution >= 4 is 15.9 Å². The van der Waals surface area contributed by atoms with Gasteiger partial charge in [-0.15, -0.1) is 0 Å². The number of hydrogen-bond acceptors (Lipinski definition) is 3. The lowest BCUT2D eigenvalue weighted by Crippen LogP contribution is -2.29. The van der Waals surface area contributed by atoms with Gasteiger partial charge in [-0.1, -0.05) is 12.1 Å². The fourth-order valence-corrected chi connectivity index (χ4v) is 4.28. The number of amides is 1. The van der Waals surface area contributed by atoms with Crippen molar-refractivity contribution in [3.63, 3.8) is 0 Å². The van der Waals surface area contributed by atoms with Gasteiger partial charge in [-0.3, -0.25) is 4.79 Å². The van der Waals surface area contributed by atoms with E-state index in [9.17, 15) is 13.2 Å². The number of nitrogens with zero attached hydrogens (tertiary/aromatic N) is 1. The largest absolute Gasteiger partial charge is 0.348 e. The van der Waals surface area contributed by atoms with E-state index in [0.717, 1.165) is 18.4 Å². The van der Waals surface area contributed by atoms with E-state index in [-0.39, 0.29) is 10.8 Å². The minimum absolute atomic E-state index is 0.150. The van der Waals surface area contributed by atoms with Crippen LogP contribution in [0.5, 0.6) is 0 Å². The van der Waals surface area contributed by atoms with E-state index < -0.39 is 10.0 Å². The third-order valence-electron chi connectivity index (χ3n) is 3.46. The van der Waals surface area contributed by atoms with Crippen LogP contribution in [-0.4, -0.2) is 31.7 Å². The summed E-state index contributed by atoms with van der Waals surface area (Å²) in [5.74, 6) is -0.289. The monoisotopic (exact) mass is 266 g/mol. The maximum atomic E-state index is 12.5. The van der Waals surface area contributed by atoms with E-state index in [1.54, 1.807) is 12.1 Å². The van der Waals surface area contributed by atoms with Gasteiger partial charge in [0.15, 0.2) is 0 Å². The summed E-state index contributed by atoms with van der Waals surface area (Å²) >= 11 is 0. The van der Waals surface area contributed by atoms with Crippen LogP contribution in [-0.2, 0) is 16.6 Å². The molecule has 0 aromatic heterocycles. The van der Waals surface area contributed by atoms with Crippen molar-refractivity contribution in [1.82, 2.24) is 9.62 Å². The highest BCUT2D eigenvalue weighted by molar-refractivity contribution is 7.89. The summed E-state index contributed by atoms with van der Waals surface area (Å²) in [5, 5.41) is 2.67. The lowest BCUT2D eigenvalue weighted by atomic mass is 10.1. The lowest BCUT2D eigenvalue weighted by Gasteiger charge is -2.17. The van der Waals surface area contributed by atoms with Crippen LogP contribution in [0.15, 0.2) is 23.1 Å². The molecule has 2 aliphatic heterocycles. The molecule has 0 atom stereocenters. The molecule has 0 saturated carbocycles. The first-order valence-corrected chi connectivity index (χ1v) is 7.45. The van der Waals surface area contributed by atoms with Crippen LogP contribution in [0.1, 0.15) is 28.8 Å². The topological polar surface area (TPSA) is 66.5 Å². The van der Waals surface area contributed by atoms with Crippen LogP contribution in [0.4, 0.5) is 0 Å². The van der Waals surface area contributed by atoms with Crippen LogP contribution < -0.4 is 5.32 Å². The van der Waals surface area contributed by atoms with E-state index in [2.05, 4.69) is 5.32 Å². The van der Waals surface area contributed by atoms with Gasteiger partial charge in [-0.05, 0) is 24.5 Å². The summed E-state index contributed by atoms with van der Waals surface area (Å²) in [6.45, 7) is 1.51. The van der Waals surface area contributed by atoms with Gasteiger partial charge < -0.3 is 5.32 Å². The number of carbonyl (C=O) groups is 1. The summed E-state index contributed by atoms with van der Waals surface area (Å²) in [4.78, 5) is 11.9. The van der Waals surface area contributed by atoms with Crippen molar-refractivity contribution in [2.45, 2.75) is 24.3 Å². The molecule has 1 fully saturated rings. The molecule has 1 saturated heterocycles. The Kier molecular flexibility index (Phi) is 2.64. The number of carbonyl (C=O) groups excluding carboxylic acids is 1. The smallest absolute Gasteiger partial charge is 0.253 e. The fourth-order valence-electron chi connectivity index (χ4n) is 2.53. The molecule has 1 N–H and O–H groups in total. The molecule has 0 radical (unpaired) electrons. The van der Waals surface area contributed by atoms with Crippen LogP contribution in [0.25, 0.3) is 0 Å². The van der Waals surface area contributed by atoms with E-state index in [4.69, 9.17) is 0 Å². The molecular formula is C12H14N2O3S. The van der Waals surface area contributed by atoms with Gasteiger partial charge in [0.2, 0.25) is 10.0 Å². The zero-order valence-corrected chi connectivity index (χ0v) is 10.7. The third-order valence-corrected chi connectivity index (χ3v) is 5.40. The van der Waals surface area contributed by atoms with Crippen LogP contribution in [0.2, 0.25) is 0 Å². The van der Waals surface area contributed by atoms with Crippen LogP contribution >= 0.6 is 0 Å². The molecule has 0 bridgehead atoms. The quantitative estimate of drug-likeness (QED) is 0.857. The molecule has 3 rings (SSSR count). The second-order valence-corrected chi connectivity index (χ2v) is 6.49. The zero-order chi connectivity index (χ0) is 12.8. The number of rotatable bonds is 2. The van der Waals surface area contributed by atoms with Crippen molar-refractivity contribution < 1.29 is 13.2 Å². The summed E-state index contributed by atoms with van der Waals surface area (Å²) in [6, 6.07) is 5.01. The Balaban J connectivity index is 2.13. The molecule has 96 valence electrons. The molecule has 0 spiro atoms. The molecule has 18 heavy (non-hydrogen) atoms. The van der Waals surface area contributed by atoms with Gasteiger partial charge in [0.25, 0.3) is 5.91 Å². The van der Waals surface area contributed by atoms with Gasteiger partial charge in [-0.2, -0.15) is 4.31 Å². The number of hydrogen-bond donors (Lipinski definition) is 1. The van der Waals surface area contributed by atoms with Crippen LogP contribution in [0.3, 0.4) is 0 Å². The second-order valence-electron chi connectivity index (χ2n) is 4.58. The number of benzene rings is 1. The molecule has 1 aromatic carbocycles. The van der Waals surface area contributed by atoms with Crippen molar-refractivity contribution in [2.75, 3.05) is 13.1 Å². The molecule has 2 heterocycles. The molecule has 1 aromatic rings. The Bertz CT molecular complexity index is 604. The highest BCUT2D eigenvalue weighted by Crippen LogP contribution is 2.28. The van der Waals surface area contributed by atoms with Crippen molar-refractivity contribution in [1.29, 1.82) is 0 Å². The number of sulfonamides is 1. The zero-order valence-electron chi connectivity index (χ0n) is 9.85. The third kappa shape index (κ3) is 1.64. The van der Waals surface area contributed by atoms with Gasteiger partial charge in [0, 0.05) is 19.6 Å². The highest BCUT2D eigenvalue weighted by Gasteiger charge is 2.33.